The predicted molar refractivity (Wildman–Crippen MR) is 82.9 cm³/mol. The maximum absolute atomic E-state index is 13.7. The van der Waals surface area contributed by atoms with E-state index in [4.69, 9.17) is 20.8 Å². The normalized spacial score (nSPS) is 12.1. The minimum atomic E-state index is -0.892. The van der Waals surface area contributed by atoms with Crippen LogP contribution in [0.5, 0.6) is 0 Å². The molecule has 5 nitrogen and oxygen atoms in total. The zero-order valence-electron chi connectivity index (χ0n) is 11.8. The highest BCUT2D eigenvalue weighted by Crippen LogP contribution is 2.27. The van der Waals surface area contributed by atoms with Crippen LogP contribution in [-0.4, -0.2) is 16.2 Å². The smallest absolute Gasteiger partial charge is 0.343 e. The molecule has 0 fully saturated rings. The molecule has 1 atom stereocenters. The molecule has 118 valence electrons. The van der Waals surface area contributed by atoms with Crippen LogP contribution in [0, 0.1) is 5.82 Å². The quantitative estimate of drug-likeness (QED) is 0.646. The summed E-state index contributed by atoms with van der Waals surface area (Å²) in [7, 11) is 0. The second-order valence-electron chi connectivity index (χ2n) is 4.57. The molecule has 1 aromatic carbocycles. The summed E-state index contributed by atoms with van der Waals surface area (Å²) in [5, 5.41) is 9.60. The van der Waals surface area contributed by atoms with E-state index in [0.29, 0.717) is 5.89 Å². The lowest BCUT2D eigenvalue weighted by molar-refractivity contribution is 0.0275. The average Bonchev–Trinajstić information content (AvgIpc) is 3.18. The van der Waals surface area contributed by atoms with Gasteiger partial charge < -0.3 is 9.15 Å². The third kappa shape index (κ3) is 3.25. The van der Waals surface area contributed by atoms with Crippen molar-refractivity contribution in [2.75, 3.05) is 0 Å². The molecule has 8 heteroatoms. The summed E-state index contributed by atoms with van der Waals surface area (Å²) in [6.45, 7) is 1.55. The second-order valence-corrected chi connectivity index (χ2v) is 5.92. The number of carbonyl (C=O) groups excluding carboxylic acids is 1. The molecule has 0 aliphatic carbocycles. The van der Waals surface area contributed by atoms with E-state index in [1.54, 1.807) is 6.92 Å². The highest BCUT2D eigenvalue weighted by Gasteiger charge is 2.23. The molecule has 0 aliphatic heterocycles. The number of carbonyl (C=O) groups is 1. The fourth-order valence-corrected chi connectivity index (χ4v) is 2.75. The zero-order valence-corrected chi connectivity index (χ0v) is 13.4. The van der Waals surface area contributed by atoms with Crippen LogP contribution in [0.1, 0.15) is 29.3 Å². The standard InChI is InChI=1S/C15H10ClFN2O3S/c1-8(13-18-19-14(22-13)11-6-3-7-23-11)21-15(20)12-9(16)4-2-5-10(12)17/h2-8H,1H3/t8-/m0/s1. The largest absolute Gasteiger partial charge is 0.449 e. The van der Waals surface area contributed by atoms with Gasteiger partial charge in [0.05, 0.1) is 9.90 Å². The van der Waals surface area contributed by atoms with Crippen LogP contribution < -0.4 is 0 Å². The van der Waals surface area contributed by atoms with E-state index < -0.39 is 17.9 Å². The molecule has 0 N–H and O–H groups in total. The highest BCUT2D eigenvalue weighted by atomic mass is 35.5. The van der Waals surface area contributed by atoms with Gasteiger partial charge in [-0.3, -0.25) is 0 Å². The lowest BCUT2D eigenvalue weighted by Gasteiger charge is -2.10. The lowest BCUT2D eigenvalue weighted by Crippen LogP contribution is -2.12. The number of esters is 1. The molecule has 0 unspecified atom stereocenters. The third-order valence-corrected chi connectivity index (χ3v) is 4.14. The Labute approximate surface area is 139 Å². The number of nitrogens with zero attached hydrogens (tertiary/aromatic N) is 2. The summed E-state index contributed by atoms with van der Waals surface area (Å²) in [4.78, 5) is 12.9. The van der Waals surface area contributed by atoms with Crippen molar-refractivity contribution in [2.45, 2.75) is 13.0 Å². The maximum Gasteiger partial charge on any atom is 0.343 e. The van der Waals surface area contributed by atoms with Crippen LogP contribution in [0.2, 0.25) is 5.02 Å². The monoisotopic (exact) mass is 352 g/mol. The molecule has 0 amide bonds. The van der Waals surface area contributed by atoms with E-state index in [1.807, 2.05) is 17.5 Å². The van der Waals surface area contributed by atoms with Gasteiger partial charge in [0.1, 0.15) is 11.4 Å². The highest BCUT2D eigenvalue weighted by molar-refractivity contribution is 7.13. The van der Waals surface area contributed by atoms with Gasteiger partial charge in [-0.15, -0.1) is 21.5 Å². The van der Waals surface area contributed by atoms with E-state index in [0.717, 1.165) is 10.9 Å². The maximum atomic E-state index is 13.7. The number of hydrogen-bond acceptors (Lipinski definition) is 6. The van der Waals surface area contributed by atoms with Gasteiger partial charge in [0, 0.05) is 0 Å². The molecule has 2 heterocycles. The van der Waals surface area contributed by atoms with Gasteiger partial charge in [0.15, 0.2) is 6.10 Å². The van der Waals surface area contributed by atoms with Crippen LogP contribution >= 0.6 is 22.9 Å². The van der Waals surface area contributed by atoms with Crippen molar-refractivity contribution in [3.05, 3.63) is 58.0 Å². The van der Waals surface area contributed by atoms with Gasteiger partial charge in [-0.1, -0.05) is 23.7 Å². The summed E-state index contributed by atoms with van der Waals surface area (Å²) in [5.41, 5.74) is -0.320. The van der Waals surface area contributed by atoms with Crippen molar-refractivity contribution in [3.8, 4) is 10.8 Å². The average molecular weight is 353 g/mol. The Morgan fingerprint density at radius 1 is 1.35 bits per heavy atom. The van der Waals surface area contributed by atoms with Gasteiger partial charge in [-0.2, -0.15) is 0 Å². The SMILES string of the molecule is C[C@H](OC(=O)c1c(F)cccc1Cl)c1nnc(-c2cccs2)o1. The Morgan fingerprint density at radius 3 is 2.87 bits per heavy atom. The first-order valence-electron chi connectivity index (χ1n) is 6.58. The first kappa shape index (κ1) is 15.6. The molecule has 23 heavy (non-hydrogen) atoms. The summed E-state index contributed by atoms with van der Waals surface area (Å²) in [5.74, 6) is -1.19. The first-order valence-corrected chi connectivity index (χ1v) is 7.84. The van der Waals surface area contributed by atoms with Gasteiger partial charge in [0.2, 0.25) is 0 Å². The van der Waals surface area contributed by atoms with E-state index in [9.17, 15) is 9.18 Å². The Hall–Kier alpha value is -2.25. The van der Waals surface area contributed by atoms with E-state index in [1.165, 1.54) is 23.5 Å². The summed E-state index contributed by atoms with van der Waals surface area (Å²) in [6.07, 6.45) is -0.834. The topological polar surface area (TPSA) is 65.2 Å². The van der Waals surface area contributed by atoms with Crippen molar-refractivity contribution in [3.63, 3.8) is 0 Å². The molecule has 2 aromatic heterocycles. The Morgan fingerprint density at radius 2 is 2.17 bits per heavy atom. The number of aromatic nitrogens is 2. The van der Waals surface area contributed by atoms with Crippen molar-refractivity contribution in [2.24, 2.45) is 0 Å². The van der Waals surface area contributed by atoms with Crippen LogP contribution in [-0.2, 0) is 4.74 Å². The summed E-state index contributed by atoms with van der Waals surface area (Å²) >= 11 is 7.28. The molecule has 0 aliphatic rings. The molecule has 0 saturated carbocycles. The van der Waals surface area contributed by atoms with Crippen molar-refractivity contribution < 1.29 is 18.3 Å². The van der Waals surface area contributed by atoms with E-state index in [2.05, 4.69) is 10.2 Å². The molecule has 0 radical (unpaired) electrons. The molecular weight excluding hydrogens is 343 g/mol. The van der Waals surface area contributed by atoms with Gasteiger partial charge in [-0.05, 0) is 30.5 Å². The Bertz CT molecular complexity index is 815. The Balaban J connectivity index is 1.77. The molecule has 0 spiro atoms. The number of benzene rings is 1. The summed E-state index contributed by atoms with van der Waals surface area (Å²) < 4.78 is 24.3. The minimum absolute atomic E-state index is 0.0213. The van der Waals surface area contributed by atoms with Crippen molar-refractivity contribution in [1.29, 1.82) is 0 Å². The van der Waals surface area contributed by atoms with Crippen molar-refractivity contribution in [1.82, 2.24) is 10.2 Å². The number of rotatable bonds is 4. The zero-order chi connectivity index (χ0) is 16.4. The summed E-state index contributed by atoms with van der Waals surface area (Å²) in [6, 6.07) is 7.64. The van der Waals surface area contributed by atoms with E-state index >= 15 is 0 Å². The number of ether oxygens (including phenoxy) is 1. The van der Waals surface area contributed by atoms with Crippen LogP contribution in [0.3, 0.4) is 0 Å². The predicted octanol–water partition coefficient (Wildman–Crippen LogP) is 4.51. The molecule has 0 saturated heterocycles. The number of thiophene rings is 1. The van der Waals surface area contributed by atoms with Gasteiger partial charge in [0.25, 0.3) is 11.8 Å². The first-order chi connectivity index (χ1) is 11.1. The fourth-order valence-electron chi connectivity index (χ4n) is 1.86. The molecule has 3 rings (SSSR count). The fraction of sp³-hybridized carbons (Fsp3) is 0.133. The van der Waals surface area contributed by atoms with Crippen LogP contribution in [0.25, 0.3) is 10.8 Å². The van der Waals surface area contributed by atoms with Crippen molar-refractivity contribution >= 4 is 28.9 Å². The molecule has 0 bridgehead atoms. The minimum Gasteiger partial charge on any atom is -0.449 e. The molecular formula is C15H10ClFN2O3S. The Kier molecular flexibility index (Phi) is 4.40. The van der Waals surface area contributed by atoms with Crippen LogP contribution in [0.15, 0.2) is 40.1 Å². The molecule has 3 aromatic rings. The number of hydrogen-bond donors (Lipinski definition) is 0. The van der Waals surface area contributed by atoms with E-state index in [-0.39, 0.29) is 16.5 Å². The van der Waals surface area contributed by atoms with Gasteiger partial charge >= 0.3 is 5.97 Å². The second kappa shape index (κ2) is 6.47. The lowest BCUT2D eigenvalue weighted by atomic mass is 10.2. The van der Waals surface area contributed by atoms with Crippen LogP contribution in [0.4, 0.5) is 4.39 Å². The van der Waals surface area contributed by atoms with Gasteiger partial charge in [-0.25, -0.2) is 9.18 Å². The third-order valence-electron chi connectivity index (χ3n) is 2.97. The number of halogens is 2.